The molecule has 2 aromatic carbocycles. The van der Waals surface area contributed by atoms with Crippen LogP contribution in [0, 0.1) is 5.41 Å². The van der Waals surface area contributed by atoms with Gasteiger partial charge in [-0.25, -0.2) is 0 Å². The number of hydrogen-bond acceptors (Lipinski definition) is 4. The van der Waals surface area contributed by atoms with Crippen LogP contribution in [0.3, 0.4) is 0 Å². The molecule has 1 atom stereocenters. The Labute approximate surface area is 178 Å². The van der Waals surface area contributed by atoms with Gasteiger partial charge in [-0.1, -0.05) is 38.1 Å². The van der Waals surface area contributed by atoms with Gasteiger partial charge in [-0.2, -0.15) is 0 Å². The van der Waals surface area contributed by atoms with E-state index in [0.29, 0.717) is 12.0 Å². The number of benzene rings is 2. The molecule has 0 saturated carbocycles. The first kappa shape index (κ1) is 20.2. The lowest BCUT2D eigenvalue weighted by Gasteiger charge is -2.37. The van der Waals surface area contributed by atoms with Gasteiger partial charge in [0.2, 0.25) is 5.91 Å². The molecule has 0 aromatic heterocycles. The minimum Gasteiger partial charge on any atom is -0.378 e. The number of carbonyl (C=O) groups excluding carboxylic acids is 2. The molecule has 0 fully saturated rings. The summed E-state index contributed by atoms with van der Waals surface area (Å²) in [5, 5.41) is 3.52. The Hall–Kier alpha value is -3.08. The van der Waals surface area contributed by atoms with E-state index < -0.39 is 6.04 Å². The summed E-state index contributed by atoms with van der Waals surface area (Å²) in [6, 6.07) is 15.5. The largest absolute Gasteiger partial charge is 0.378 e. The average Bonchev–Trinajstić information content (AvgIpc) is 2.81. The molecule has 1 amide bonds. The predicted octanol–water partition coefficient (Wildman–Crippen LogP) is 4.92. The van der Waals surface area contributed by atoms with Gasteiger partial charge in [-0.3, -0.25) is 14.5 Å². The van der Waals surface area contributed by atoms with Gasteiger partial charge in [-0.15, -0.1) is 0 Å². The minimum atomic E-state index is -0.450. The SMILES string of the molecule is CC(=O)N1c2ccccc2NC2=C(C(=O)CC(C)(C)C2)[C@@H]1c1ccc(N(C)C)cc1. The van der Waals surface area contributed by atoms with Crippen molar-refractivity contribution < 1.29 is 9.59 Å². The van der Waals surface area contributed by atoms with Crippen LogP contribution in [0.5, 0.6) is 0 Å². The van der Waals surface area contributed by atoms with Crippen molar-refractivity contribution in [1.82, 2.24) is 0 Å². The van der Waals surface area contributed by atoms with E-state index >= 15 is 0 Å². The summed E-state index contributed by atoms with van der Waals surface area (Å²) in [6.45, 7) is 5.81. The normalized spacial score (nSPS) is 20.1. The average molecular weight is 404 g/mol. The number of nitrogens with zero attached hydrogens (tertiary/aromatic N) is 2. The van der Waals surface area contributed by atoms with E-state index in [1.807, 2.05) is 67.5 Å². The number of Topliss-reactive ketones (excluding diaryl/α,β-unsaturated/α-hetero) is 1. The number of para-hydroxylation sites is 2. The molecule has 1 N–H and O–H groups in total. The third-order valence-electron chi connectivity index (χ3n) is 5.97. The van der Waals surface area contributed by atoms with E-state index in [9.17, 15) is 9.59 Å². The van der Waals surface area contributed by atoms with Gasteiger partial charge >= 0.3 is 0 Å². The molecule has 5 heteroatoms. The highest BCUT2D eigenvalue weighted by Gasteiger charge is 2.42. The van der Waals surface area contributed by atoms with Crippen LogP contribution in [-0.4, -0.2) is 25.8 Å². The van der Waals surface area contributed by atoms with Crippen LogP contribution in [0.1, 0.15) is 45.2 Å². The van der Waals surface area contributed by atoms with Crippen LogP contribution in [0.25, 0.3) is 0 Å². The van der Waals surface area contributed by atoms with Crippen LogP contribution >= 0.6 is 0 Å². The van der Waals surface area contributed by atoms with E-state index in [1.54, 1.807) is 11.8 Å². The number of fused-ring (bicyclic) bond motifs is 1. The maximum atomic E-state index is 13.4. The minimum absolute atomic E-state index is 0.0858. The number of carbonyl (C=O) groups is 2. The van der Waals surface area contributed by atoms with E-state index in [2.05, 4.69) is 19.2 Å². The molecular weight excluding hydrogens is 374 g/mol. The van der Waals surface area contributed by atoms with Crippen molar-refractivity contribution in [3.8, 4) is 0 Å². The standard InChI is InChI=1S/C25H29N3O2/c1-16(29)28-21-9-7-6-8-19(21)26-20-14-25(2,3)15-22(30)23(20)24(28)17-10-12-18(13-11-17)27(4)5/h6-13,24,26H,14-15H2,1-5H3/t24-/m0/s1. The van der Waals surface area contributed by atoms with Gasteiger partial charge < -0.3 is 10.2 Å². The molecule has 2 aliphatic rings. The van der Waals surface area contributed by atoms with E-state index in [1.165, 1.54) is 0 Å². The molecule has 0 saturated heterocycles. The van der Waals surface area contributed by atoms with Crippen molar-refractivity contribution in [2.24, 2.45) is 5.41 Å². The van der Waals surface area contributed by atoms with Crippen LogP contribution in [-0.2, 0) is 9.59 Å². The second-order valence-electron chi connectivity index (χ2n) is 9.25. The highest BCUT2D eigenvalue weighted by atomic mass is 16.2. The summed E-state index contributed by atoms with van der Waals surface area (Å²) in [4.78, 5) is 30.2. The third kappa shape index (κ3) is 3.49. The smallest absolute Gasteiger partial charge is 0.224 e. The summed E-state index contributed by atoms with van der Waals surface area (Å²) in [7, 11) is 3.99. The Balaban J connectivity index is 1.96. The van der Waals surface area contributed by atoms with Crippen LogP contribution < -0.4 is 15.1 Å². The van der Waals surface area contributed by atoms with Crippen molar-refractivity contribution >= 4 is 28.8 Å². The number of rotatable bonds is 2. The third-order valence-corrected chi connectivity index (χ3v) is 5.97. The van der Waals surface area contributed by atoms with Gasteiger partial charge in [0.25, 0.3) is 0 Å². The van der Waals surface area contributed by atoms with Crippen LogP contribution in [0.2, 0.25) is 0 Å². The maximum Gasteiger partial charge on any atom is 0.224 e. The molecule has 1 aliphatic heterocycles. The zero-order valence-corrected chi connectivity index (χ0v) is 18.3. The number of allylic oxidation sites excluding steroid dienone is 1. The van der Waals surface area contributed by atoms with E-state index in [0.717, 1.165) is 34.7 Å². The second kappa shape index (κ2) is 7.31. The number of ketones is 1. The predicted molar refractivity (Wildman–Crippen MR) is 122 cm³/mol. The highest BCUT2D eigenvalue weighted by molar-refractivity contribution is 6.05. The maximum absolute atomic E-state index is 13.4. The summed E-state index contributed by atoms with van der Waals surface area (Å²) in [5.74, 6) is 0.0202. The van der Waals surface area contributed by atoms with Gasteiger partial charge in [0, 0.05) is 44.4 Å². The van der Waals surface area contributed by atoms with Crippen molar-refractivity contribution in [2.45, 2.75) is 39.7 Å². The Bertz CT molecular complexity index is 1030. The fraction of sp³-hybridized carbons (Fsp3) is 0.360. The molecule has 1 aliphatic carbocycles. The van der Waals surface area contributed by atoms with E-state index in [4.69, 9.17) is 0 Å². The van der Waals surface area contributed by atoms with Crippen molar-refractivity contribution in [3.63, 3.8) is 0 Å². The fourth-order valence-corrected chi connectivity index (χ4v) is 4.61. The first-order chi connectivity index (χ1) is 14.2. The zero-order valence-electron chi connectivity index (χ0n) is 18.3. The first-order valence-electron chi connectivity index (χ1n) is 10.4. The Morgan fingerprint density at radius 2 is 1.73 bits per heavy atom. The molecular formula is C25H29N3O2. The monoisotopic (exact) mass is 403 g/mol. The van der Waals surface area contributed by atoms with Gasteiger partial charge in [-0.05, 0) is 41.7 Å². The highest BCUT2D eigenvalue weighted by Crippen LogP contribution is 2.48. The summed E-state index contributed by atoms with van der Waals surface area (Å²) in [5.41, 5.74) is 5.18. The Morgan fingerprint density at radius 1 is 1.07 bits per heavy atom. The van der Waals surface area contributed by atoms with Crippen molar-refractivity contribution in [1.29, 1.82) is 0 Å². The van der Waals surface area contributed by atoms with Crippen molar-refractivity contribution in [3.05, 3.63) is 65.4 Å². The molecule has 5 nitrogen and oxygen atoms in total. The van der Waals surface area contributed by atoms with E-state index in [-0.39, 0.29) is 17.1 Å². The van der Waals surface area contributed by atoms with Crippen molar-refractivity contribution in [2.75, 3.05) is 29.2 Å². The molecule has 0 unspecified atom stereocenters. The molecule has 2 aromatic rings. The molecule has 0 radical (unpaired) electrons. The molecule has 4 rings (SSSR count). The lowest BCUT2D eigenvalue weighted by molar-refractivity contribution is -0.118. The number of anilines is 3. The lowest BCUT2D eigenvalue weighted by Crippen LogP contribution is -2.38. The summed E-state index contributed by atoms with van der Waals surface area (Å²) >= 11 is 0. The number of hydrogen-bond donors (Lipinski definition) is 1. The Kier molecular flexibility index (Phi) is 4.92. The van der Waals surface area contributed by atoms with Crippen LogP contribution in [0.15, 0.2) is 59.8 Å². The summed E-state index contributed by atoms with van der Waals surface area (Å²) < 4.78 is 0. The van der Waals surface area contributed by atoms with Gasteiger partial charge in [0.15, 0.2) is 5.78 Å². The lowest BCUT2D eigenvalue weighted by atomic mass is 9.73. The topological polar surface area (TPSA) is 52.7 Å². The molecule has 156 valence electrons. The van der Waals surface area contributed by atoms with Gasteiger partial charge in [0.05, 0.1) is 17.4 Å². The fourth-order valence-electron chi connectivity index (χ4n) is 4.61. The molecule has 1 heterocycles. The summed E-state index contributed by atoms with van der Waals surface area (Å²) in [6.07, 6.45) is 1.24. The second-order valence-corrected chi connectivity index (χ2v) is 9.25. The zero-order chi connectivity index (χ0) is 21.6. The molecule has 0 spiro atoms. The Morgan fingerprint density at radius 3 is 2.37 bits per heavy atom. The molecule has 30 heavy (non-hydrogen) atoms. The molecule has 0 bridgehead atoms. The van der Waals surface area contributed by atoms with Crippen LogP contribution in [0.4, 0.5) is 17.1 Å². The number of amides is 1. The van der Waals surface area contributed by atoms with Gasteiger partial charge in [0.1, 0.15) is 0 Å². The number of nitrogens with one attached hydrogen (secondary N) is 1. The quantitative estimate of drug-likeness (QED) is 0.774. The first-order valence-corrected chi connectivity index (χ1v) is 10.4.